The number of nitrogens with one attached hydrogen (secondary N) is 2. The van der Waals surface area contributed by atoms with Gasteiger partial charge in [0.25, 0.3) is 11.8 Å². The summed E-state index contributed by atoms with van der Waals surface area (Å²) in [6.45, 7) is 12.3. The fourth-order valence-corrected chi connectivity index (χ4v) is 11.3. The molecule has 0 unspecified atom stereocenters. The van der Waals surface area contributed by atoms with E-state index < -0.39 is 71.6 Å². The number of rotatable bonds is 16. The van der Waals surface area contributed by atoms with Crippen LogP contribution in [0.5, 0.6) is 0 Å². The van der Waals surface area contributed by atoms with Gasteiger partial charge in [0, 0.05) is 99.3 Å². The van der Waals surface area contributed by atoms with Crippen molar-refractivity contribution in [2.45, 2.75) is 154 Å². The molecule has 4 saturated heterocycles. The number of carboxylic acid groups (broad SMARTS) is 1. The number of carboxylic acids is 1. The molecular formula is C57H76Cl2F2N10O12. The van der Waals surface area contributed by atoms with Crippen LogP contribution in [0.1, 0.15) is 123 Å². The van der Waals surface area contributed by atoms with Gasteiger partial charge in [-0.05, 0) is 90.5 Å². The number of aromatic nitrogens is 4. The van der Waals surface area contributed by atoms with E-state index in [-0.39, 0.29) is 75.7 Å². The highest BCUT2D eigenvalue weighted by molar-refractivity contribution is 6.31. The van der Waals surface area contributed by atoms with Crippen molar-refractivity contribution in [2.24, 2.45) is 0 Å². The van der Waals surface area contributed by atoms with E-state index in [0.29, 0.717) is 59.0 Å². The van der Waals surface area contributed by atoms with Gasteiger partial charge in [-0.1, -0.05) is 59.6 Å². The molecule has 6 heterocycles. The summed E-state index contributed by atoms with van der Waals surface area (Å²) in [4.78, 5) is 83.6. The maximum atomic E-state index is 14.5. The number of aliphatic carboxylic acids is 1. The number of alkyl halides is 2. The summed E-state index contributed by atoms with van der Waals surface area (Å²) in [5.74, 6) is -1.98. The number of hydrogen-bond acceptors (Lipinski definition) is 15. The molecule has 26 heteroatoms. The van der Waals surface area contributed by atoms with Gasteiger partial charge in [-0.15, -0.1) is 0 Å². The number of esters is 1. The first kappa shape index (κ1) is 63.8. The van der Waals surface area contributed by atoms with E-state index >= 15 is 0 Å². The molecule has 454 valence electrons. The van der Waals surface area contributed by atoms with Crippen molar-refractivity contribution in [1.29, 1.82) is 0 Å². The maximum absolute atomic E-state index is 14.5. The molecule has 0 radical (unpaired) electrons. The summed E-state index contributed by atoms with van der Waals surface area (Å²) < 4.78 is 58.6. The number of carbonyl (C=O) groups excluding carboxylic acids is 5. The zero-order valence-electron chi connectivity index (χ0n) is 48.4. The van der Waals surface area contributed by atoms with Crippen molar-refractivity contribution in [3.05, 3.63) is 92.2 Å². The molecule has 83 heavy (non-hydrogen) atoms. The number of ether oxygens (including phenoxy) is 5. The fraction of sp³-hybridized carbons (Fsp3) is 0.579. The van der Waals surface area contributed by atoms with E-state index in [4.69, 9.17) is 46.9 Å². The topological polar surface area (TPSA) is 241 Å². The number of alkyl carbamates (subject to hydrolysis) is 2. The quantitative estimate of drug-likeness (QED) is 0.0716. The fourth-order valence-electron chi connectivity index (χ4n) is 10.9. The average molecular weight is 1200 g/mol. The molecule has 0 bridgehead atoms. The molecule has 3 N–H and O–H groups in total. The normalized spacial score (nSPS) is 21.0. The van der Waals surface area contributed by atoms with Crippen molar-refractivity contribution in [2.75, 3.05) is 70.4 Å². The zero-order chi connectivity index (χ0) is 60.5. The summed E-state index contributed by atoms with van der Waals surface area (Å²) in [5.41, 5.74) is 1.39. The molecule has 4 aromatic rings. The number of hydrogen-bond donors (Lipinski definition) is 3. The Hall–Kier alpha value is -6.76. The standard InChI is InChI=1S/C29H39ClFN5O6.C28H37ClFN5O6/c1-29(2,3)42-28(39)32-20-10-8-12-34(16-20)25-21(13-18-9-6-7-11-22(18)30)24(33-36(25)17-40-4)26(37)35-15-19(31)14-23(35)27(38)41-5;1-28(2,3)41-27(39)31-19-9-7-11-33(15-19)24-20(12-17-8-5-6-10-21(17)29)23(32-35(24)16-40-4)25(36)34-14-18(30)13-22(34)26(37)38/h6-7,9,11,19-20,23H,8,10,12-17H2,1-5H3,(H,32,39);5-6,8,10,18-19,22H,7,9,11-16H2,1-4H3,(H,31,39)(H,37,38)/t19-,20+,23-;18-,19+,22-/m00/s1. The third kappa shape index (κ3) is 16.3. The van der Waals surface area contributed by atoms with E-state index in [1.165, 1.54) is 26.2 Å². The number of methoxy groups -OCH3 is 3. The Labute approximate surface area is 491 Å². The minimum Gasteiger partial charge on any atom is -0.480 e. The third-order valence-corrected chi connectivity index (χ3v) is 15.0. The molecule has 8 rings (SSSR count). The van der Waals surface area contributed by atoms with Crippen LogP contribution in [0.4, 0.5) is 30.0 Å². The van der Waals surface area contributed by atoms with Crippen LogP contribution in [0.3, 0.4) is 0 Å². The number of carbonyl (C=O) groups is 6. The Morgan fingerprint density at radius 3 is 1.40 bits per heavy atom. The first-order valence-electron chi connectivity index (χ1n) is 27.6. The highest BCUT2D eigenvalue weighted by atomic mass is 35.5. The molecule has 0 aliphatic carbocycles. The molecule has 0 saturated carbocycles. The van der Waals surface area contributed by atoms with Crippen molar-refractivity contribution < 1.29 is 66.3 Å². The minimum absolute atomic E-state index is 0.00684. The van der Waals surface area contributed by atoms with E-state index in [2.05, 4.69) is 25.7 Å². The van der Waals surface area contributed by atoms with Crippen LogP contribution in [-0.4, -0.2) is 179 Å². The second-order valence-corrected chi connectivity index (χ2v) is 23.8. The summed E-state index contributed by atoms with van der Waals surface area (Å²) >= 11 is 13.0. The molecule has 4 amide bonds. The van der Waals surface area contributed by atoms with Crippen LogP contribution < -0.4 is 20.4 Å². The SMILES string of the molecule is COCn1nc(C(=O)N2C[C@@H](F)C[C@H]2C(=O)O)c(Cc2ccccc2Cl)c1N1CCC[C@@H](NC(=O)OC(C)(C)C)C1.COCn1nc(C(=O)N2C[C@@H](F)C[C@H]2C(=O)OC)c(Cc2ccccc2Cl)c1N1CCC[C@@H](NC(=O)OC(C)(C)C)C1. The van der Waals surface area contributed by atoms with Crippen LogP contribution in [0.2, 0.25) is 10.0 Å². The van der Waals surface area contributed by atoms with Gasteiger partial charge in [0.05, 0.1) is 20.2 Å². The highest BCUT2D eigenvalue weighted by Crippen LogP contribution is 2.36. The molecule has 0 spiro atoms. The monoisotopic (exact) mass is 1200 g/mol. The maximum Gasteiger partial charge on any atom is 0.407 e. The van der Waals surface area contributed by atoms with E-state index in [9.17, 15) is 42.7 Å². The Balaban J connectivity index is 0.000000239. The van der Waals surface area contributed by atoms with Gasteiger partial charge in [0.1, 0.15) is 60.7 Å². The number of nitrogens with zero attached hydrogens (tertiary/aromatic N) is 8. The van der Waals surface area contributed by atoms with Crippen molar-refractivity contribution in [1.82, 2.24) is 40.0 Å². The molecule has 2 aromatic carbocycles. The van der Waals surface area contributed by atoms with Crippen molar-refractivity contribution in [3.8, 4) is 0 Å². The number of benzene rings is 2. The molecule has 2 aromatic heterocycles. The second kappa shape index (κ2) is 27.8. The van der Waals surface area contributed by atoms with E-state index in [0.717, 1.165) is 41.7 Å². The predicted molar refractivity (Wildman–Crippen MR) is 305 cm³/mol. The number of piperidine rings is 2. The Morgan fingerprint density at radius 2 is 1.02 bits per heavy atom. The van der Waals surface area contributed by atoms with Gasteiger partial charge in [0.2, 0.25) is 0 Å². The first-order valence-corrected chi connectivity index (χ1v) is 28.4. The summed E-state index contributed by atoms with van der Waals surface area (Å²) in [6.07, 6.45) is -0.837. The van der Waals surface area contributed by atoms with Gasteiger partial charge in [-0.2, -0.15) is 10.2 Å². The lowest BCUT2D eigenvalue weighted by atomic mass is 10.0. The van der Waals surface area contributed by atoms with Crippen LogP contribution in [0.15, 0.2) is 48.5 Å². The van der Waals surface area contributed by atoms with Crippen LogP contribution in [-0.2, 0) is 59.6 Å². The Bertz CT molecular complexity index is 2970. The van der Waals surface area contributed by atoms with E-state index in [1.54, 1.807) is 69.1 Å². The van der Waals surface area contributed by atoms with Gasteiger partial charge in [-0.3, -0.25) is 9.59 Å². The zero-order valence-corrected chi connectivity index (χ0v) is 49.9. The average Bonchev–Trinajstić information content (AvgIpc) is 3.95. The Morgan fingerprint density at radius 1 is 0.627 bits per heavy atom. The molecule has 4 fully saturated rings. The smallest absolute Gasteiger partial charge is 0.407 e. The van der Waals surface area contributed by atoms with Gasteiger partial charge < -0.3 is 59.0 Å². The summed E-state index contributed by atoms with van der Waals surface area (Å²) in [5, 5.41) is 25.8. The lowest BCUT2D eigenvalue weighted by Crippen LogP contribution is -2.49. The largest absolute Gasteiger partial charge is 0.480 e. The number of halogens is 4. The van der Waals surface area contributed by atoms with E-state index in [1.807, 2.05) is 35.2 Å². The van der Waals surface area contributed by atoms with Crippen LogP contribution in [0, 0.1) is 0 Å². The van der Waals surface area contributed by atoms with Gasteiger partial charge >= 0.3 is 24.1 Å². The van der Waals surface area contributed by atoms with Crippen molar-refractivity contribution >= 4 is 70.8 Å². The lowest BCUT2D eigenvalue weighted by Gasteiger charge is -2.35. The minimum atomic E-state index is -1.45. The predicted octanol–water partition coefficient (Wildman–Crippen LogP) is 7.81. The highest BCUT2D eigenvalue weighted by Gasteiger charge is 2.45. The molecule has 6 atom stereocenters. The number of amides is 4. The number of likely N-dealkylation sites (tertiary alicyclic amines) is 2. The molecule has 22 nitrogen and oxygen atoms in total. The van der Waals surface area contributed by atoms with Crippen LogP contribution >= 0.6 is 23.2 Å². The van der Waals surface area contributed by atoms with Gasteiger partial charge in [0.15, 0.2) is 11.4 Å². The molecular weight excluding hydrogens is 1130 g/mol. The molecule has 4 aliphatic heterocycles. The number of anilines is 2. The van der Waals surface area contributed by atoms with Crippen LogP contribution in [0.25, 0.3) is 0 Å². The van der Waals surface area contributed by atoms with Crippen molar-refractivity contribution in [3.63, 3.8) is 0 Å². The molecule has 4 aliphatic rings. The first-order chi connectivity index (χ1) is 39.3. The van der Waals surface area contributed by atoms with Gasteiger partial charge in [-0.25, -0.2) is 37.3 Å². The lowest BCUT2D eigenvalue weighted by molar-refractivity contribution is -0.145. The summed E-state index contributed by atoms with van der Waals surface area (Å²) in [7, 11) is 4.23. The third-order valence-electron chi connectivity index (χ3n) is 14.3. The second-order valence-electron chi connectivity index (χ2n) is 23.0. The Kier molecular flexibility index (Phi) is 21.3. The summed E-state index contributed by atoms with van der Waals surface area (Å²) in [6, 6.07) is 11.7.